The summed E-state index contributed by atoms with van der Waals surface area (Å²) >= 11 is 0. The van der Waals surface area contributed by atoms with Crippen LogP contribution in [0.3, 0.4) is 0 Å². The molecule has 2 aromatic rings. The molecule has 1 aliphatic rings. The number of benzene rings is 2. The molecule has 160 valence electrons. The van der Waals surface area contributed by atoms with Gasteiger partial charge in [0, 0.05) is 26.2 Å². The van der Waals surface area contributed by atoms with E-state index in [1.165, 1.54) is 0 Å². The summed E-state index contributed by atoms with van der Waals surface area (Å²) in [6.07, 6.45) is 1.58. The van der Waals surface area contributed by atoms with Gasteiger partial charge in [0.05, 0.1) is 12.5 Å². The van der Waals surface area contributed by atoms with Crippen LogP contribution in [0.25, 0.3) is 0 Å². The molecule has 6 nitrogen and oxygen atoms in total. The topological polar surface area (TPSA) is 70.7 Å². The Labute approximate surface area is 178 Å². The van der Waals surface area contributed by atoms with Crippen LogP contribution in [0.5, 0.6) is 5.75 Å². The summed E-state index contributed by atoms with van der Waals surface area (Å²) in [4.78, 5) is 27.4. The first kappa shape index (κ1) is 21.7. The minimum atomic E-state index is -0.589. The van der Waals surface area contributed by atoms with Crippen LogP contribution in [0, 0.1) is 12.3 Å². The van der Waals surface area contributed by atoms with Crippen molar-refractivity contribution in [3.05, 3.63) is 65.2 Å². The molecule has 0 spiro atoms. The molecular formula is C24H31N3O3. The molecule has 3 amide bonds. The number of rotatable bonds is 6. The predicted octanol–water partition coefficient (Wildman–Crippen LogP) is 3.63. The average Bonchev–Trinajstić information content (AvgIpc) is 2.76. The van der Waals surface area contributed by atoms with E-state index in [0.29, 0.717) is 26.2 Å². The van der Waals surface area contributed by atoms with Gasteiger partial charge in [0.1, 0.15) is 5.75 Å². The summed E-state index contributed by atoms with van der Waals surface area (Å²) in [7, 11) is 1.62. The third kappa shape index (κ3) is 5.32. The number of methoxy groups -OCH3 is 1. The van der Waals surface area contributed by atoms with Crippen LogP contribution in [0.15, 0.2) is 48.5 Å². The number of nitrogens with zero attached hydrogens (tertiary/aromatic N) is 1. The third-order valence-electron chi connectivity index (χ3n) is 5.81. The zero-order chi connectivity index (χ0) is 21.6. The molecule has 0 aromatic heterocycles. The van der Waals surface area contributed by atoms with Gasteiger partial charge in [-0.15, -0.1) is 0 Å². The van der Waals surface area contributed by atoms with E-state index in [4.69, 9.17) is 4.74 Å². The molecule has 0 radical (unpaired) electrons. The van der Waals surface area contributed by atoms with Crippen LogP contribution in [0.4, 0.5) is 4.79 Å². The maximum Gasteiger partial charge on any atom is 0.317 e. The van der Waals surface area contributed by atoms with E-state index in [1.54, 1.807) is 12.0 Å². The lowest BCUT2D eigenvalue weighted by atomic mass is 9.81. The Morgan fingerprint density at radius 1 is 1.10 bits per heavy atom. The number of nitrogens with one attached hydrogen (secondary N) is 2. The van der Waals surface area contributed by atoms with Crippen LogP contribution in [0.2, 0.25) is 0 Å². The Morgan fingerprint density at radius 2 is 1.90 bits per heavy atom. The van der Waals surface area contributed by atoms with Gasteiger partial charge in [0.15, 0.2) is 0 Å². The van der Waals surface area contributed by atoms with Crippen molar-refractivity contribution in [3.63, 3.8) is 0 Å². The molecule has 0 unspecified atom stereocenters. The second-order valence-corrected chi connectivity index (χ2v) is 8.21. The Bertz CT molecular complexity index is 899. The van der Waals surface area contributed by atoms with Crippen molar-refractivity contribution in [2.45, 2.75) is 39.8 Å². The summed E-state index contributed by atoms with van der Waals surface area (Å²) in [5.74, 6) is 0.758. The van der Waals surface area contributed by atoms with Gasteiger partial charge in [0.25, 0.3) is 0 Å². The van der Waals surface area contributed by atoms with Crippen LogP contribution < -0.4 is 15.4 Å². The molecule has 1 aliphatic heterocycles. The summed E-state index contributed by atoms with van der Waals surface area (Å²) in [5, 5.41) is 6.03. The summed E-state index contributed by atoms with van der Waals surface area (Å²) < 4.78 is 5.23. The normalized spacial score (nSPS) is 18.6. The Morgan fingerprint density at radius 3 is 2.67 bits per heavy atom. The average molecular weight is 410 g/mol. The number of carbonyl (C=O) groups excluding carboxylic acids is 2. The van der Waals surface area contributed by atoms with Crippen molar-refractivity contribution < 1.29 is 14.3 Å². The first-order chi connectivity index (χ1) is 14.4. The highest BCUT2D eigenvalue weighted by molar-refractivity contribution is 5.84. The van der Waals surface area contributed by atoms with Gasteiger partial charge in [-0.25, -0.2) is 4.79 Å². The number of aryl methyl sites for hydroxylation is 1. The van der Waals surface area contributed by atoms with Crippen molar-refractivity contribution in [3.8, 4) is 5.75 Å². The van der Waals surface area contributed by atoms with E-state index in [9.17, 15) is 9.59 Å². The molecule has 1 atom stereocenters. The van der Waals surface area contributed by atoms with Crippen LogP contribution in [0.1, 0.15) is 36.5 Å². The second-order valence-electron chi connectivity index (χ2n) is 8.21. The first-order valence-corrected chi connectivity index (χ1v) is 10.4. The van der Waals surface area contributed by atoms with Crippen molar-refractivity contribution in [1.29, 1.82) is 0 Å². The quantitative estimate of drug-likeness (QED) is 0.765. The highest BCUT2D eigenvalue weighted by Gasteiger charge is 2.39. The molecule has 1 heterocycles. The van der Waals surface area contributed by atoms with E-state index in [1.807, 2.05) is 62.4 Å². The molecule has 6 heteroatoms. The number of hydrogen-bond acceptors (Lipinski definition) is 3. The van der Waals surface area contributed by atoms with Gasteiger partial charge in [-0.05, 0) is 55.5 Å². The number of urea groups is 1. The van der Waals surface area contributed by atoms with E-state index in [0.717, 1.165) is 35.3 Å². The smallest absolute Gasteiger partial charge is 0.317 e. The van der Waals surface area contributed by atoms with Gasteiger partial charge in [-0.2, -0.15) is 0 Å². The number of carbonyl (C=O) groups is 2. The molecule has 2 aromatic carbocycles. The van der Waals surface area contributed by atoms with Gasteiger partial charge < -0.3 is 20.3 Å². The van der Waals surface area contributed by atoms with Crippen LogP contribution in [-0.2, 0) is 17.9 Å². The Hall–Kier alpha value is -3.02. The minimum Gasteiger partial charge on any atom is -0.497 e. The number of piperidine rings is 1. The Balaban J connectivity index is 1.55. The molecular weight excluding hydrogens is 378 g/mol. The molecule has 1 fully saturated rings. The molecule has 0 aliphatic carbocycles. The zero-order valence-corrected chi connectivity index (χ0v) is 18.0. The molecule has 2 N–H and O–H groups in total. The molecule has 30 heavy (non-hydrogen) atoms. The maximum absolute atomic E-state index is 12.9. The fourth-order valence-corrected chi connectivity index (χ4v) is 3.87. The standard InChI is InChI=1S/C24H31N3O3/c1-18-8-4-5-10-20(18)16-25-22(28)24(2)12-7-13-27(17-24)23(29)26-15-19-9-6-11-21(14-19)30-3/h4-6,8-11,14H,7,12-13,15-17H2,1-3H3,(H,25,28)(H,26,29)/t24-/m1/s1. The highest BCUT2D eigenvalue weighted by Crippen LogP contribution is 2.30. The third-order valence-corrected chi connectivity index (χ3v) is 5.81. The number of hydrogen-bond donors (Lipinski definition) is 2. The lowest BCUT2D eigenvalue weighted by Gasteiger charge is -2.39. The van der Waals surface area contributed by atoms with Gasteiger partial charge in [-0.1, -0.05) is 36.4 Å². The van der Waals surface area contributed by atoms with E-state index < -0.39 is 5.41 Å². The zero-order valence-electron chi connectivity index (χ0n) is 18.0. The van der Waals surface area contributed by atoms with E-state index >= 15 is 0 Å². The summed E-state index contributed by atoms with van der Waals surface area (Å²) in [6.45, 7) is 5.98. The van der Waals surface area contributed by atoms with Gasteiger partial charge in [0.2, 0.25) is 5.91 Å². The number of ether oxygens (including phenoxy) is 1. The molecule has 3 rings (SSSR count). The second kappa shape index (κ2) is 9.65. The lowest BCUT2D eigenvalue weighted by molar-refractivity contribution is -0.132. The lowest BCUT2D eigenvalue weighted by Crippen LogP contribution is -2.53. The van der Waals surface area contributed by atoms with Crippen molar-refractivity contribution >= 4 is 11.9 Å². The summed E-state index contributed by atoms with van der Waals surface area (Å²) in [5.41, 5.74) is 2.65. The SMILES string of the molecule is COc1cccc(CNC(=O)N2CCC[C@@](C)(C(=O)NCc3ccccc3C)C2)c1. The monoisotopic (exact) mass is 409 g/mol. The highest BCUT2D eigenvalue weighted by atomic mass is 16.5. The van der Waals surface area contributed by atoms with Crippen molar-refractivity contribution in [2.24, 2.45) is 5.41 Å². The van der Waals surface area contributed by atoms with Crippen molar-refractivity contribution in [1.82, 2.24) is 15.5 Å². The van der Waals surface area contributed by atoms with E-state index in [2.05, 4.69) is 10.6 Å². The van der Waals surface area contributed by atoms with Gasteiger partial charge >= 0.3 is 6.03 Å². The Kier molecular flexibility index (Phi) is 6.98. The van der Waals surface area contributed by atoms with Crippen molar-refractivity contribution in [2.75, 3.05) is 20.2 Å². The summed E-state index contributed by atoms with van der Waals surface area (Å²) in [6, 6.07) is 15.5. The molecule has 0 saturated carbocycles. The minimum absolute atomic E-state index is 0.00366. The fraction of sp³-hybridized carbons (Fsp3) is 0.417. The predicted molar refractivity (Wildman–Crippen MR) is 117 cm³/mol. The van der Waals surface area contributed by atoms with Crippen LogP contribution >= 0.6 is 0 Å². The number of likely N-dealkylation sites (tertiary alicyclic amines) is 1. The molecule has 0 bridgehead atoms. The largest absolute Gasteiger partial charge is 0.497 e. The number of amides is 3. The maximum atomic E-state index is 12.9. The first-order valence-electron chi connectivity index (χ1n) is 10.4. The van der Waals surface area contributed by atoms with Gasteiger partial charge in [-0.3, -0.25) is 4.79 Å². The van der Waals surface area contributed by atoms with E-state index in [-0.39, 0.29) is 11.9 Å². The molecule has 1 saturated heterocycles. The fourth-order valence-electron chi connectivity index (χ4n) is 3.87. The van der Waals surface area contributed by atoms with Crippen LogP contribution in [-0.4, -0.2) is 37.0 Å².